The Kier molecular flexibility index (Phi) is 8.63. The fourth-order valence-corrected chi connectivity index (χ4v) is 1.80. The molecule has 0 spiro atoms. The molecule has 0 aliphatic heterocycles. The molecule has 14 heavy (non-hydrogen) atoms. The van der Waals surface area contributed by atoms with Crippen molar-refractivity contribution in [3.8, 4) is 0 Å². The van der Waals surface area contributed by atoms with E-state index in [4.69, 9.17) is 18.0 Å². The topological polar surface area (TPSA) is 29.3 Å². The second kappa shape index (κ2) is 8.50. The molecule has 0 atom stereocenters. The van der Waals surface area contributed by atoms with E-state index < -0.39 is 0 Å². The van der Waals surface area contributed by atoms with Crippen molar-refractivity contribution in [2.24, 2.45) is 5.73 Å². The van der Waals surface area contributed by atoms with Gasteiger partial charge >= 0.3 is 0 Å². The summed E-state index contributed by atoms with van der Waals surface area (Å²) in [7, 11) is 0. The predicted molar refractivity (Wildman–Crippen MR) is 71.1 cm³/mol. The summed E-state index contributed by atoms with van der Waals surface area (Å²) in [6, 6.07) is 0.589. The van der Waals surface area contributed by atoms with Crippen LogP contribution in [0.3, 0.4) is 0 Å². The molecular formula is C10H22N2S2. The molecule has 0 aromatic heterocycles. The normalized spacial score (nSPS) is 11.2. The average molecular weight is 234 g/mol. The number of hydrogen-bond donors (Lipinski definition) is 1. The summed E-state index contributed by atoms with van der Waals surface area (Å²) in [5.41, 5.74) is 5.50. The number of hydrogen-bond acceptors (Lipinski definition) is 3. The first-order valence-corrected chi connectivity index (χ1v) is 6.89. The van der Waals surface area contributed by atoms with Crippen molar-refractivity contribution in [3.05, 3.63) is 0 Å². The minimum atomic E-state index is 0.589. The third-order valence-electron chi connectivity index (χ3n) is 2.17. The molecule has 0 fully saturated rings. The van der Waals surface area contributed by atoms with Gasteiger partial charge in [0.15, 0.2) is 0 Å². The Labute approximate surface area is 97.6 Å². The summed E-state index contributed by atoms with van der Waals surface area (Å²) in [4.78, 5) is 3.07. The Hall–Kier alpha value is 0.200. The molecule has 0 aromatic carbocycles. The van der Waals surface area contributed by atoms with Crippen LogP contribution >= 0.6 is 24.0 Å². The van der Waals surface area contributed by atoms with Crippen LogP contribution in [0.5, 0.6) is 0 Å². The van der Waals surface area contributed by atoms with E-state index in [9.17, 15) is 0 Å². The van der Waals surface area contributed by atoms with Crippen molar-refractivity contribution < 1.29 is 0 Å². The maximum Gasteiger partial charge on any atom is 0.0740 e. The predicted octanol–water partition coefficient (Wildman–Crippen LogP) is 2.13. The van der Waals surface area contributed by atoms with Crippen molar-refractivity contribution in [2.75, 3.05) is 25.1 Å². The molecule has 0 aromatic rings. The molecule has 2 N–H and O–H groups in total. The highest BCUT2D eigenvalue weighted by molar-refractivity contribution is 7.98. The van der Waals surface area contributed by atoms with E-state index in [1.165, 1.54) is 12.2 Å². The number of thiocarbonyl (C=S) groups is 1. The maximum atomic E-state index is 5.50. The molecule has 84 valence electrons. The van der Waals surface area contributed by atoms with Crippen LogP contribution in [0.4, 0.5) is 0 Å². The van der Waals surface area contributed by atoms with Crippen molar-refractivity contribution in [1.29, 1.82) is 0 Å². The van der Waals surface area contributed by atoms with Crippen LogP contribution in [-0.2, 0) is 0 Å². The van der Waals surface area contributed by atoms with Crippen LogP contribution in [0, 0.1) is 0 Å². The van der Waals surface area contributed by atoms with E-state index in [2.05, 4.69) is 25.0 Å². The van der Waals surface area contributed by atoms with Gasteiger partial charge in [-0.15, -0.1) is 0 Å². The van der Waals surface area contributed by atoms with Crippen LogP contribution in [-0.4, -0.2) is 41.0 Å². The lowest BCUT2D eigenvalue weighted by Crippen LogP contribution is -2.34. The summed E-state index contributed by atoms with van der Waals surface area (Å²) >= 11 is 6.79. The zero-order chi connectivity index (χ0) is 11.0. The summed E-state index contributed by atoms with van der Waals surface area (Å²) in [5.74, 6) is 1.23. The Morgan fingerprint density at radius 2 is 2.07 bits per heavy atom. The van der Waals surface area contributed by atoms with Crippen molar-refractivity contribution >= 4 is 29.0 Å². The Morgan fingerprint density at radius 1 is 1.43 bits per heavy atom. The van der Waals surface area contributed by atoms with Gasteiger partial charge in [0.1, 0.15) is 0 Å². The van der Waals surface area contributed by atoms with Crippen molar-refractivity contribution in [2.45, 2.75) is 32.7 Å². The zero-order valence-corrected chi connectivity index (χ0v) is 11.1. The molecule has 0 unspecified atom stereocenters. The first-order chi connectivity index (χ1) is 6.57. The second-order valence-corrected chi connectivity index (χ2v) is 5.20. The number of nitrogens with zero attached hydrogens (tertiary/aromatic N) is 1. The monoisotopic (exact) mass is 234 g/mol. The number of nitrogens with two attached hydrogens (primary N) is 1. The van der Waals surface area contributed by atoms with Gasteiger partial charge in [0.25, 0.3) is 0 Å². The van der Waals surface area contributed by atoms with E-state index in [0.29, 0.717) is 11.0 Å². The second-order valence-electron chi connectivity index (χ2n) is 3.69. The highest BCUT2D eigenvalue weighted by Crippen LogP contribution is 2.04. The maximum absolute atomic E-state index is 5.50. The molecule has 2 nitrogen and oxygen atoms in total. The Balaban J connectivity index is 3.72. The zero-order valence-electron chi connectivity index (χ0n) is 9.45. The lowest BCUT2D eigenvalue weighted by Gasteiger charge is -2.26. The fraction of sp³-hybridized carbons (Fsp3) is 0.900. The van der Waals surface area contributed by atoms with Gasteiger partial charge in [0, 0.05) is 19.0 Å². The third-order valence-corrected chi connectivity index (χ3v) is 3.07. The molecule has 0 bridgehead atoms. The van der Waals surface area contributed by atoms with Crippen molar-refractivity contribution in [3.63, 3.8) is 0 Å². The summed E-state index contributed by atoms with van der Waals surface area (Å²) in [6.45, 7) is 6.60. The van der Waals surface area contributed by atoms with Gasteiger partial charge < -0.3 is 10.6 Å². The van der Waals surface area contributed by atoms with E-state index in [0.717, 1.165) is 19.5 Å². The molecule has 0 aliphatic carbocycles. The van der Waals surface area contributed by atoms with Gasteiger partial charge in [-0.2, -0.15) is 11.8 Å². The smallest absolute Gasteiger partial charge is 0.0740 e. The minimum Gasteiger partial charge on any atom is -0.393 e. The summed E-state index contributed by atoms with van der Waals surface area (Å²) in [6.07, 6.45) is 4.23. The molecule has 0 aliphatic rings. The molecule has 0 radical (unpaired) electrons. The summed E-state index contributed by atoms with van der Waals surface area (Å²) in [5, 5.41) is 0. The van der Waals surface area contributed by atoms with Gasteiger partial charge in [-0.05, 0) is 38.8 Å². The Bertz CT molecular complexity index is 160. The molecular weight excluding hydrogens is 212 g/mol. The first-order valence-electron chi connectivity index (χ1n) is 5.09. The Morgan fingerprint density at radius 3 is 2.50 bits per heavy atom. The van der Waals surface area contributed by atoms with E-state index in [1.807, 2.05) is 11.8 Å². The molecule has 0 heterocycles. The van der Waals surface area contributed by atoms with Crippen molar-refractivity contribution in [1.82, 2.24) is 4.90 Å². The highest BCUT2D eigenvalue weighted by atomic mass is 32.2. The number of thioether (sulfide) groups is 1. The first kappa shape index (κ1) is 14.2. The van der Waals surface area contributed by atoms with Crippen LogP contribution < -0.4 is 5.73 Å². The summed E-state index contributed by atoms with van der Waals surface area (Å²) < 4.78 is 0. The van der Waals surface area contributed by atoms with E-state index in [-0.39, 0.29) is 0 Å². The lowest BCUT2D eigenvalue weighted by molar-refractivity contribution is 0.229. The third kappa shape index (κ3) is 7.59. The quantitative estimate of drug-likeness (QED) is 0.515. The average Bonchev–Trinajstić information content (AvgIpc) is 2.10. The molecule has 0 rings (SSSR count). The van der Waals surface area contributed by atoms with Gasteiger partial charge in [-0.3, -0.25) is 0 Å². The van der Waals surface area contributed by atoms with Gasteiger partial charge in [-0.1, -0.05) is 12.2 Å². The van der Waals surface area contributed by atoms with Gasteiger partial charge in [-0.25, -0.2) is 0 Å². The fourth-order valence-electron chi connectivity index (χ4n) is 1.29. The van der Waals surface area contributed by atoms with Gasteiger partial charge in [0.05, 0.1) is 4.99 Å². The minimum absolute atomic E-state index is 0.589. The molecule has 4 heteroatoms. The number of rotatable bonds is 8. The molecule has 0 saturated heterocycles. The van der Waals surface area contributed by atoms with Crippen LogP contribution in [0.25, 0.3) is 0 Å². The van der Waals surface area contributed by atoms with Crippen LogP contribution in [0.1, 0.15) is 26.7 Å². The molecule has 0 amide bonds. The van der Waals surface area contributed by atoms with Crippen LogP contribution in [0.2, 0.25) is 0 Å². The largest absolute Gasteiger partial charge is 0.393 e. The standard InChI is InChI=1S/C10H22N2S2/c1-9(2)12(6-4-8-14-3)7-5-10(11)13/h9H,4-8H2,1-3H3,(H2,11,13). The lowest BCUT2D eigenvalue weighted by atomic mass is 10.2. The SMILES string of the molecule is CSCCCN(CCC(N)=S)C(C)C. The van der Waals surface area contributed by atoms with E-state index in [1.54, 1.807) is 0 Å². The molecule has 0 saturated carbocycles. The highest BCUT2D eigenvalue weighted by Gasteiger charge is 2.08. The van der Waals surface area contributed by atoms with Crippen LogP contribution in [0.15, 0.2) is 0 Å². The van der Waals surface area contributed by atoms with Gasteiger partial charge in [0.2, 0.25) is 0 Å². The van der Waals surface area contributed by atoms with E-state index >= 15 is 0 Å².